The highest BCUT2D eigenvalue weighted by atomic mass is 32.2. The molecule has 0 radical (unpaired) electrons. The zero-order valence-electron chi connectivity index (χ0n) is 16.7. The number of amides is 5. The predicted molar refractivity (Wildman–Crippen MR) is 113 cm³/mol. The van der Waals surface area contributed by atoms with Crippen molar-refractivity contribution in [2.45, 2.75) is 30.1 Å². The van der Waals surface area contributed by atoms with E-state index >= 15 is 0 Å². The molecule has 0 aliphatic carbocycles. The molecule has 1 fully saturated rings. The molecule has 1 aromatic heterocycles. The maximum atomic E-state index is 13.0. The Kier molecular flexibility index (Phi) is 7.07. The standard InChI is InChI=1S/C18H20N6O5S2/c1-3-18(11-8-6-5-7-9-11)13(26)24(15(27)20-18)23-12(25)10-30-17-22-21-14(31-17)19-16(28)29-4-2/h5-9H,3-4,10H2,1-2H3,(H,20,27)(H,23,25)(H,19,21,28). The van der Waals surface area contributed by atoms with Gasteiger partial charge in [-0.2, -0.15) is 5.01 Å². The number of benzene rings is 1. The number of anilines is 1. The molecule has 11 nitrogen and oxygen atoms in total. The molecule has 13 heteroatoms. The van der Waals surface area contributed by atoms with Gasteiger partial charge in [0.25, 0.3) is 5.91 Å². The van der Waals surface area contributed by atoms with Crippen molar-refractivity contribution in [1.29, 1.82) is 0 Å². The fraction of sp³-hybridized carbons (Fsp3) is 0.333. The third-order valence-electron chi connectivity index (χ3n) is 4.34. The average molecular weight is 465 g/mol. The summed E-state index contributed by atoms with van der Waals surface area (Å²) in [7, 11) is 0. The highest BCUT2D eigenvalue weighted by molar-refractivity contribution is 8.01. The summed E-state index contributed by atoms with van der Waals surface area (Å²) in [6, 6.07) is 8.16. The molecule has 1 aromatic carbocycles. The number of imide groups is 1. The molecule has 1 aliphatic heterocycles. The third kappa shape index (κ3) is 4.94. The lowest BCUT2D eigenvalue weighted by atomic mass is 9.87. The Morgan fingerprint density at radius 1 is 1.23 bits per heavy atom. The molecular formula is C18H20N6O5S2. The van der Waals surface area contributed by atoms with Crippen LogP contribution in [0.5, 0.6) is 0 Å². The normalized spacial score (nSPS) is 17.9. The van der Waals surface area contributed by atoms with Gasteiger partial charge in [-0.1, -0.05) is 60.4 Å². The van der Waals surface area contributed by atoms with Crippen molar-refractivity contribution in [2.24, 2.45) is 0 Å². The van der Waals surface area contributed by atoms with Gasteiger partial charge in [-0.3, -0.25) is 20.3 Å². The molecule has 1 atom stereocenters. The van der Waals surface area contributed by atoms with Gasteiger partial charge in [0.1, 0.15) is 5.54 Å². The molecule has 0 spiro atoms. The second-order valence-electron chi connectivity index (χ2n) is 6.24. The maximum Gasteiger partial charge on any atom is 0.413 e. The molecular weight excluding hydrogens is 444 g/mol. The number of hydrazine groups is 1. The molecule has 1 unspecified atom stereocenters. The minimum absolute atomic E-state index is 0.116. The van der Waals surface area contributed by atoms with Crippen molar-refractivity contribution < 1.29 is 23.9 Å². The van der Waals surface area contributed by atoms with E-state index in [2.05, 4.69) is 26.3 Å². The Morgan fingerprint density at radius 2 is 1.97 bits per heavy atom. The van der Waals surface area contributed by atoms with Crippen molar-refractivity contribution >= 4 is 52.2 Å². The van der Waals surface area contributed by atoms with Crippen LogP contribution in [0, 0.1) is 0 Å². The number of carbonyl (C=O) groups excluding carboxylic acids is 4. The summed E-state index contributed by atoms with van der Waals surface area (Å²) in [5.41, 5.74) is 1.75. The number of nitrogens with zero attached hydrogens (tertiary/aromatic N) is 3. The van der Waals surface area contributed by atoms with Crippen LogP contribution in [0.2, 0.25) is 0 Å². The van der Waals surface area contributed by atoms with Gasteiger partial charge in [-0.25, -0.2) is 9.59 Å². The van der Waals surface area contributed by atoms with E-state index in [4.69, 9.17) is 4.74 Å². The van der Waals surface area contributed by atoms with Crippen molar-refractivity contribution in [2.75, 3.05) is 17.7 Å². The van der Waals surface area contributed by atoms with E-state index in [1.807, 2.05) is 6.07 Å². The van der Waals surface area contributed by atoms with Gasteiger partial charge in [0.15, 0.2) is 4.34 Å². The van der Waals surface area contributed by atoms with Crippen LogP contribution in [0.25, 0.3) is 0 Å². The van der Waals surface area contributed by atoms with Gasteiger partial charge < -0.3 is 10.1 Å². The van der Waals surface area contributed by atoms with E-state index in [0.29, 0.717) is 21.3 Å². The van der Waals surface area contributed by atoms with Gasteiger partial charge in [0, 0.05) is 0 Å². The number of rotatable bonds is 8. The van der Waals surface area contributed by atoms with Crippen LogP contribution in [-0.2, 0) is 19.9 Å². The third-order valence-corrected chi connectivity index (χ3v) is 6.31. The molecule has 2 aromatic rings. The van der Waals surface area contributed by atoms with Crippen LogP contribution >= 0.6 is 23.1 Å². The summed E-state index contributed by atoms with van der Waals surface area (Å²) >= 11 is 2.11. The van der Waals surface area contributed by atoms with Crippen LogP contribution in [0.4, 0.5) is 14.7 Å². The Hall–Kier alpha value is -3.19. The molecule has 3 rings (SSSR count). The number of thioether (sulfide) groups is 1. The number of carbonyl (C=O) groups is 4. The topological polar surface area (TPSA) is 143 Å². The second-order valence-corrected chi connectivity index (χ2v) is 8.44. The first-order valence-corrected chi connectivity index (χ1v) is 11.1. The quantitative estimate of drug-likeness (QED) is 0.306. The summed E-state index contributed by atoms with van der Waals surface area (Å²) in [6.45, 7) is 3.68. The number of urea groups is 1. The van der Waals surface area contributed by atoms with Crippen molar-refractivity contribution in [3.05, 3.63) is 35.9 Å². The Bertz CT molecular complexity index is 985. The minimum atomic E-state index is -1.23. The molecule has 31 heavy (non-hydrogen) atoms. The van der Waals surface area contributed by atoms with E-state index in [9.17, 15) is 19.2 Å². The van der Waals surface area contributed by atoms with E-state index in [1.54, 1.807) is 38.1 Å². The fourth-order valence-electron chi connectivity index (χ4n) is 2.90. The summed E-state index contributed by atoms with van der Waals surface area (Å²) in [4.78, 5) is 49.1. The SMILES string of the molecule is CCOC(=O)Nc1nnc(SCC(=O)NN2C(=O)NC(CC)(c3ccccc3)C2=O)s1. The molecule has 1 aliphatic rings. The van der Waals surface area contributed by atoms with Crippen LogP contribution in [-0.4, -0.2) is 51.5 Å². The van der Waals surface area contributed by atoms with Crippen LogP contribution in [0.3, 0.4) is 0 Å². The maximum absolute atomic E-state index is 13.0. The molecule has 5 amide bonds. The van der Waals surface area contributed by atoms with E-state index < -0.39 is 29.5 Å². The van der Waals surface area contributed by atoms with Crippen LogP contribution in [0.1, 0.15) is 25.8 Å². The predicted octanol–water partition coefficient (Wildman–Crippen LogP) is 2.09. The summed E-state index contributed by atoms with van der Waals surface area (Å²) < 4.78 is 5.17. The fourth-order valence-corrected chi connectivity index (χ4v) is 4.43. The van der Waals surface area contributed by atoms with Crippen molar-refractivity contribution in [3.8, 4) is 0 Å². The Balaban J connectivity index is 1.58. The molecule has 1 saturated heterocycles. The second kappa shape index (κ2) is 9.75. The molecule has 0 bridgehead atoms. The Labute approximate surface area is 185 Å². The van der Waals surface area contributed by atoms with E-state index in [1.165, 1.54) is 0 Å². The average Bonchev–Trinajstić information content (AvgIpc) is 3.30. The first-order valence-electron chi connectivity index (χ1n) is 9.31. The lowest BCUT2D eigenvalue weighted by Gasteiger charge is -2.25. The summed E-state index contributed by atoms with van der Waals surface area (Å²) in [5, 5.41) is 13.7. The summed E-state index contributed by atoms with van der Waals surface area (Å²) in [5.74, 6) is -1.24. The molecule has 3 N–H and O–H groups in total. The lowest BCUT2D eigenvalue weighted by molar-refractivity contribution is -0.138. The van der Waals surface area contributed by atoms with Gasteiger partial charge in [-0.15, -0.1) is 10.2 Å². The van der Waals surface area contributed by atoms with Gasteiger partial charge in [0.05, 0.1) is 12.4 Å². The van der Waals surface area contributed by atoms with Crippen LogP contribution in [0.15, 0.2) is 34.7 Å². The largest absolute Gasteiger partial charge is 0.450 e. The molecule has 2 heterocycles. The highest BCUT2D eigenvalue weighted by Gasteiger charge is 2.52. The molecule has 0 saturated carbocycles. The number of aromatic nitrogens is 2. The first-order chi connectivity index (χ1) is 14.9. The zero-order chi connectivity index (χ0) is 22.4. The Morgan fingerprint density at radius 3 is 2.65 bits per heavy atom. The molecule has 164 valence electrons. The van der Waals surface area contributed by atoms with Gasteiger partial charge in [-0.05, 0) is 18.9 Å². The first kappa shape index (κ1) is 22.5. The van der Waals surface area contributed by atoms with Gasteiger partial charge >= 0.3 is 12.1 Å². The number of hydrogen-bond acceptors (Lipinski definition) is 9. The zero-order valence-corrected chi connectivity index (χ0v) is 18.3. The summed E-state index contributed by atoms with van der Waals surface area (Å²) in [6.07, 6.45) is -0.326. The minimum Gasteiger partial charge on any atom is -0.450 e. The smallest absolute Gasteiger partial charge is 0.413 e. The highest BCUT2D eigenvalue weighted by Crippen LogP contribution is 2.31. The van der Waals surface area contributed by atoms with E-state index in [-0.39, 0.29) is 17.5 Å². The van der Waals surface area contributed by atoms with E-state index in [0.717, 1.165) is 23.1 Å². The van der Waals surface area contributed by atoms with Gasteiger partial charge in [0.2, 0.25) is 11.0 Å². The lowest BCUT2D eigenvalue weighted by Crippen LogP contribution is -2.49. The van der Waals surface area contributed by atoms with Crippen LogP contribution < -0.4 is 16.1 Å². The van der Waals surface area contributed by atoms with Crippen molar-refractivity contribution in [1.82, 2.24) is 25.9 Å². The number of nitrogens with one attached hydrogen (secondary N) is 3. The number of hydrogen-bond donors (Lipinski definition) is 3. The number of ether oxygens (including phenoxy) is 1. The monoisotopic (exact) mass is 464 g/mol. The van der Waals surface area contributed by atoms with Crippen molar-refractivity contribution in [3.63, 3.8) is 0 Å².